The monoisotopic (exact) mass is 325 g/mol. The highest BCUT2D eigenvalue weighted by Gasteiger charge is 2.17. The van der Waals surface area contributed by atoms with E-state index in [1.807, 2.05) is 26.0 Å². The van der Waals surface area contributed by atoms with Gasteiger partial charge in [-0.25, -0.2) is 0 Å². The van der Waals surface area contributed by atoms with Crippen LogP contribution in [0.1, 0.15) is 65.3 Å². The van der Waals surface area contributed by atoms with Crippen molar-refractivity contribution in [2.24, 2.45) is 0 Å². The molecule has 2 rings (SSSR count). The molecule has 0 aliphatic carbocycles. The highest BCUT2D eigenvalue weighted by molar-refractivity contribution is 5.96. The fraction of sp³-hybridized carbons (Fsp3) is 0.381. The summed E-state index contributed by atoms with van der Waals surface area (Å²) < 4.78 is 5.45. The molecule has 1 unspecified atom stereocenters. The number of nitrogens with one attached hydrogen (secondary N) is 1. The molecule has 0 heterocycles. The van der Waals surface area contributed by atoms with E-state index in [4.69, 9.17) is 4.74 Å². The molecule has 1 amide bonds. The smallest absolute Gasteiger partial charge is 0.252 e. The first-order valence-corrected chi connectivity index (χ1v) is 8.39. The summed E-state index contributed by atoms with van der Waals surface area (Å²) in [7, 11) is 1.67. The van der Waals surface area contributed by atoms with Crippen LogP contribution in [0.2, 0.25) is 0 Å². The van der Waals surface area contributed by atoms with Crippen LogP contribution in [0.15, 0.2) is 36.4 Å². The van der Waals surface area contributed by atoms with Crippen molar-refractivity contribution < 1.29 is 9.53 Å². The lowest BCUT2D eigenvalue weighted by atomic mass is 9.95. The van der Waals surface area contributed by atoms with E-state index in [1.165, 1.54) is 5.56 Å². The van der Waals surface area contributed by atoms with Crippen LogP contribution in [0, 0.1) is 13.8 Å². The summed E-state index contributed by atoms with van der Waals surface area (Å²) >= 11 is 0. The van der Waals surface area contributed by atoms with Crippen molar-refractivity contribution in [3.63, 3.8) is 0 Å². The van der Waals surface area contributed by atoms with Gasteiger partial charge in [0.05, 0.1) is 13.2 Å². The Kier molecular flexibility index (Phi) is 5.66. The maximum Gasteiger partial charge on any atom is 0.252 e. The number of rotatable bonds is 5. The van der Waals surface area contributed by atoms with Crippen molar-refractivity contribution in [2.75, 3.05) is 7.11 Å². The van der Waals surface area contributed by atoms with Gasteiger partial charge in [-0.2, -0.15) is 0 Å². The first-order valence-electron chi connectivity index (χ1n) is 8.39. The number of carbonyl (C=O) groups is 1. The molecule has 0 saturated heterocycles. The minimum Gasteiger partial charge on any atom is -0.496 e. The molecule has 3 heteroatoms. The zero-order chi connectivity index (χ0) is 17.9. The first kappa shape index (κ1) is 18.1. The molecule has 24 heavy (non-hydrogen) atoms. The van der Waals surface area contributed by atoms with Gasteiger partial charge >= 0.3 is 0 Å². The largest absolute Gasteiger partial charge is 0.496 e. The zero-order valence-corrected chi connectivity index (χ0v) is 15.4. The third-order valence-electron chi connectivity index (χ3n) is 4.37. The molecule has 1 N–H and O–H groups in total. The zero-order valence-electron chi connectivity index (χ0n) is 15.4. The normalized spacial score (nSPS) is 12.1. The van der Waals surface area contributed by atoms with Gasteiger partial charge in [-0.3, -0.25) is 4.79 Å². The second kappa shape index (κ2) is 7.52. The van der Waals surface area contributed by atoms with Crippen LogP contribution in [-0.4, -0.2) is 13.0 Å². The summed E-state index contributed by atoms with van der Waals surface area (Å²) in [5, 5.41) is 3.10. The van der Waals surface area contributed by atoms with Crippen LogP contribution >= 0.6 is 0 Å². The van der Waals surface area contributed by atoms with E-state index in [9.17, 15) is 4.79 Å². The van der Waals surface area contributed by atoms with Gasteiger partial charge in [0.15, 0.2) is 0 Å². The SMILES string of the molecule is COc1cc(C)c(C(=O)NC(C)c2ccc(C)cc2)cc1C(C)C. The van der Waals surface area contributed by atoms with Crippen LogP contribution in [0.5, 0.6) is 5.75 Å². The number of benzene rings is 2. The Bertz CT molecular complexity index is 717. The molecule has 0 spiro atoms. The van der Waals surface area contributed by atoms with E-state index in [-0.39, 0.29) is 11.9 Å². The molecule has 2 aromatic rings. The molecule has 0 radical (unpaired) electrons. The van der Waals surface area contributed by atoms with E-state index in [0.29, 0.717) is 11.5 Å². The number of ether oxygens (including phenoxy) is 1. The van der Waals surface area contributed by atoms with Gasteiger partial charge in [-0.15, -0.1) is 0 Å². The Morgan fingerprint density at radius 3 is 2.21 bits per heavy atom. The molecule has 2 aromatic carbocycles. The van der Waals surface area contributed by atoms with Crippen molar-refractivity contribution in [1.29, 1.82) is 0 Å². The van der Waals surface area contributed by atoms with Crippen LogP contribution in [-0.2, 0) is 0 Å². The number of methoxy groups -OCH3 is 1. The van der Waals surface area contributed by atoms with Gasteiger partial charge < -0.3 is 10.1 Å². The van der Waals surface area contributed by atoms with Crippen molar-refractivity contribution in [1.82, 2.24) is 5.32 Å². The highest BCUT2D eigenvalue weighted by atomic mass is 16.5. The first-order chi connectivity index (χ1) is 11.3. The van der Waals surface area contributed by atoms with Crippen molar-refractivity contribution >= 4 is 5.91 Å². The Morgan fingerprint density at radius 1 is 1.04 bits per heavy atom. The summed E-state index contributed by atoms with van der Waals surface area (Å²) in [5.74, 6) is 1.08. The van der Waals surface area contributed by atoms with Gasteiger partial charge in [0.2, 0.25) is 0 Å². The average molecular weight is 325 g/mol. The Morgan fingerprint density at radius 2 is 1.67 bits per heavy atom. The maximum atomic E-state index is 12.7. The molecular weight excluding hydrogens is 298 g/mol. The van der Waals surface area contributed by atoms with Gasteiger partial charge in [-0.1, -0.05) is 43.7 Å². The van der Waals surface area contributed by atoms with E-state index in [2.05, 4.69) is 50.4 Å². The van der Waals surface area contributed by atoms with E-state index in [0.717, 1.165) is 22.4 Å². The van der Waals surface area contributed by atoms with Crippen LogP contribution < -0.4 is 10.1 Å². The van der Waals surface area contributed by atoms with E-state index < -0.39 is 0 Å². The second-order valence-corrected chi connectivity index (χ2v) is 6.67. The lowest BCUT2D eigenvalue weighted by Gasteiger charge is -2.18. The minimum absolute atomic E-state index is 0.0397. The summed E-state index contributed by atoms with van der Waals surface area (Å²) in [6.45, 7) is 10.2. The highest BCUT2D eigenvalue weighted by Crippen LogP contribution is 2.30. The number of hydrogen-bond donors (Lipinski definition) is 1. The molecule has 0 aliphatic rings. The lowest BCUT2D eigenvalue weighted by molar-refractivity contribution is 0.0939. The van der Waals surface area contributed by atoms with Crippen molar-refractivity contribution in [3.8, 4) is 5.75 Å². The third kappa shape index (κ3) is 3.97. The number of hydrogen-bond acceptors (Lipinski definition) is 2. The number of aryl methyl sites for hydroxylation is 2. The summed E-state index contributed by atoms with van der Waals surface area (Å²) in [5.41, 5.74) is 4.99. The molecule has 0 bridgehead atoms. The third-order valence-corrected chi connectivity index (χ3v) is 4.37. The Labute approximate surface area is 145 Å². The fourth-order valence-corrected chi connectivity index (χ4v) is 2.78. The van der Waals surface area contributed by atoms with Gasteiger partial charge in [-0.05, 0) is 55.5 Å². The minimum atomic E-state index is -0.0508. The molecule has 1 atom stereocenters. The lowest BCUT2D eigenvalue weighted by Crippen LogP contribution is -2.27. The summed E-state index contributed by atoms with van der Waals surface area (Å²) in [4.78, 5) is 12.7. The standard InChI is InChI=1S/C21H27NO2/c1-13(2)18-12-19(15(4)11-20(18)24-6)21(23)22-16(5)17-9-7-14(3)8-10-17/h7-13,16H,1-6H3,(H,22,23). The Balaban J connectivity index is 2.26. The van der Waals surface area contributed by atoms with Crippen LogP contribution in [0.25, 0.3) is 0 Å². The van der Waals surface area contributed by atoms with Gasteiger partial charge in [0.1, 0.15) is 5.75 Å². The summed E-state index contributed by atoms with van der Waals surface area (Å²) in [6, 6.07) is 12.1. The fourth-order valence-electron chi connectivity index (χ4n) is 2.78. The number of amides is 1. The number of carbonyl (C=O) groups excluding carboxylic acids is 1. The van der Waals surface area contributed by atoms with Crippen molar-refractivity contribution in [3.05, 3.63) is 64.2 Å². The molecule has 128 valence electrons. The maximum absolute atomic E-state index is 12.7. The predicted octanol–water partition coefficient (Wildman–Crippen LogP) is 4.93. The second-order valence-electron chi connectivity index (χ2n) is 6.67. The predicted molar refractivity (Wildman–Crippen MR) is 98.9 cm³/mol. The molecule has 0 aliphatic heterocycles. The molecule has 3 nitrogen and oxygen atoms in total. The molecule has 0 fully saturated rings. The van der Waals surface area contributed by atoms with E-state index >= 15 is 0 Å². The van der Waals surface area contributed by atoms with Gasteiger partial charge in [0, 0.05) is 5.56 Å². The molecular formula is C21H27NO2. The van der Waals surface area contributed by atoms with Gasteiger partial charge in [0.25, 0.3) is 5.91 Å². The van der Waals surface area contributed by atoms with Crippen LogP contribution in [0.4, 0.5) is 0 Å². The van der Waals surface area contributed by atoms with E-state index in [1.54, 1.807) is 7.11 Å². The molecule has 0 saturated carbocycles. The quantitative estimate of drug-likeness (QED) is 0.847. The summed E-state index contributed by atoms with van der Waals surface area (Å²) in [6.07, 6.45) is 0. The Hall–Kier alpha value is -2.29. The average Bonchev–Trinajstić information content (AvgIpc) is 2.54. The van der Waals surface area contributed by atoms with Crippen LogP contribution in [0.3, 0.4) is 0 Å². The van der Waals surface area contributed by atoms with Crippen molar-refractivity contribution in [2.45, 2.75) is 46.6 Å². The molecule has 0 aromatic heterocycles. The topological polar surface area (TPSA) is 38.3 Å².